The van der Waals surface area contributed by atoms with Gasteiger partial charge in [-0.1, -0.05) is 0 Å². The Morgan fingerprint density at radius 2 is 1.32 bits per heavy atom. The molecule has 0 saturated carbocycles. The second kappa shape index (κ2) is 11.6. The molecule has 0 fully saturated rings. The molecule has 0 heterocycles. The SMILES string of the molecule is CC(C)(C)c1ccc2c(c1)-c1cc(C(C)(C)C)c(C3=CC([Si](C)(C)C)=CC3)[c]([Zr]=[C](c3ccccc3)c3ccccc3)c1C2. The van der Waals surface area contributed by atoms with Crippen LogP contribution in [0.25, 0.3) is 16.7 Å². The van der Waals surface area contributed by atoms with Gasteiger partial charge in [0.1, 0.15) is 0 Å². The van der Waals surface area contributed by atoms with E-state index < -0.39 is 30.8 Å². The van der Waals surface area contributed by atoms with E-state index in [2.05, 4.69) is 158 Å². The number of hydrogen-bond donors (Lipinski definition) is 0. The zero-order valence-corrected chi connectivity index (χ0v) is 31.6. The van der Waals surface area contributed by atoms with Crippen LogP contribution in [0.1, 0.15) is 86.9 Å². The predicted octanol–water partition coefficient (Wildman–Crippen LogP) is 10.4. The molecule has 0 atom stereocenters. The fourth-order valence-corrected chi connectivity index (χ4v) is 12.1. The van der Waals surface area contributed by atoms with Gasteiger partial charge in [-0.15, -0.1) is 0 Å². The first-order valence-corrected chi connectivity index (χ1v) is 22.2. The number of hydrogen-bond acceptors (Lipinski definition) is 0. The molecule has 0 saturated heterocycles. The average Bonchev–Trinajstić information content (AvgIpc) is 3.61. The summed E-state index contributed by atoms with van der Waals surface area (Å²) >= 11 is -1.30. The maximum atomic E-state index is 2.61. The van der Waals surface area contributed by atoms with Gasteiger partial charge in [0, 0.05) is 0 Å². The number of allylic oxidation sites excluding steroid dienone is 4. The van der Waals surface area contributed by atoms with Crippen molar-refractivity contribution in [1.29, 1.82) is 0 Å². The Morgan fingerprint density at radius 1 is 0.705 bits per heavy atom. The van der Waals surface area contributed by atoms with Crippen molar-refractivity contribution in [3.63, 3.8) is 0 Å². The van der Waals surface area contributed by atoms with Gasteiger partial charge >= 0.3 is 280 Å². The van der Waals surface area contributed by atoms with Crippen LogP contribution in [-0.2, 0) is 40.0 Å². The summed E-state index contributed by atoms with van der Waals surface area (Å²) in [6, 6.07) is 32.4. The third kappa shape index (κ3) is 6.10. The van der Waals surface area contributed by atoms with Gasteiger partial charge in [-0.3, -0.25) is 0 Å². The molecule has 0 bridgehead atoms. The third-order valence-electron chi connectivity index (χ3n) is 9.31. The molecule has 2 heteroatoms. The van der Waals surface area contributed by atoms with Crippen LogP contribution >= 0.6 is 0 Å². The van der Waals surface area contributed by atoms with Crippen molar-refractivity contribution in [1.82, 2.24) is 0 Å². The molecular weight excluding hydrogens is 624 g/mol. The van der Waals surface area contributed by atoms with Crippen LogP contribution in [0.5, 0.6) is 0 Å². The topological polar surface area (TPSA) is 0 Å². The van der Waals surface area contributed by atoms with Crippen molar-refractivity contribution < 1.29 is 22.8 Å². The van der Waals surface area contributed by atoms with Crippen molar-refractivity contribution in [2.75, 3.05) is 0 Å². The van der Waals surface area contributed by atoms with Gasteiger partial charge in [0.2, 0.25) is 0 Å². The molecule has 0 aromatic heterocycles. The molecule has 4 aromatic rings. The summed E-state index contributed by atoms with van der Waals surface area (Å²) in [5, 5.41) is 1.61. The van der Waals surface area contributed by atoms with Crippen LogP contribution in [0, 0.1) is 0 Å². The molecule has 0 radical (unpaired) electrons. The monoisotopic (exact) mass is 669 g/mol. The van der Waals surface area contributed by atoms with Gasteiger partial charge in [-0.05, 0) is 0 Å². The molecule has 0 nitrogen and oxygen atoms in total. The first-order valence-electron chi connectivity index (χ1n) is 16.2. The van der Waals surface area contributed by atoms with E-state index in [4.69, 9.17) is 0 Å². The van der Waals surface area contributed by atoms with E-state index in [1.165, 1.54) is 38.9 Å². The molecule has 0 amide bonds. The molecule has 44 heavy (non-hydrogen) atoms. The van der Waals surface area contributed by atoms with Crippen molar-refractivity contribution in [3.8, 4) is 11.1 Å². The first kappa shape index (κ1) is 31.3. The Labute approximate surface area is 278 Å². The molecule has 2 aliphatic carbocycles. The Morgan fingerprint density at radius 3 is 1.84 bits per heavy atom. The van der Waals surface area contributed by atoms with Gasteiger partial charge in [-0.25, -0.2) is 0 Å². The maximum absolute atomic E-state index is 2.61. The molecule has 4 aromatic carbocycles. The van der Waals surface area contributed by atoms with E-state index in [1.54, 1.807) is 28.4 Å². The summed E-state index contributed by atoms with van der Waals surface area (Å²) in [5.74, 6) is 0. The fraction of sp³-hybridized carbons (Fsp3) is 0.310. The summed E-state index contributed by atoms with van der Waals surface area (Å²) < 4.78 is 3.27. The molecule has 2 aliphatic rings. The summed E-state index contributed by atoms with van der Waals surface area (Å²) in [4.78, 5) is 0. The second-order valence-electron chi connectivity index (χ2n) is 15.8. The molecular formula is C42H47SiZr. The minimum absolute atomic E-state index is 0.0331. The average molecular weight is 671 g/mol. The predicted molar refractivity (Wildman–Crippen MR) is 192 cm³/mol. The van der Waals surface area contributed by atoms with E-state index in [-0.39, 0.29) is 10.8 Å². The third-order valence-corrected chi connectivity index (χ3v) is 15.4. The molecule has 0 unspecified atom stereocenters. The summed E-state index contributed by atoms with van der Waals surface area (Å²) in [6.45, 7) is 21.8. The van der Waals surface area contributed by atoms with Crippen LogP contribution in [0.15, 0.2) is 102 Å². The van der Waals surface area contributed by atoms with Gasteiger partial charge in [0.25, 0.3) is 0 Å². The van der Waals surface area contributed by atoms with E-state index in [0.717, 1.165) is 12.8 Å². The van der Waals surface area contributed by atoms with E-state index in [0.29, 0.717) is 0 Å². The van der Waals surface area contributed by atoms with Crippen LogP contribution in [-0.4, -0.2) is 11.3 Å². The zero-order valence-electron chi connectivity index (χ0n) is 28.2. The first-order chi connectivity index (χ1) is 20.7. The number of benzene rings is 4. The molecule has 6 rings (SSSR count). The van der Waals surface area contributed by atoms with E-state index >= 15 is 0 Å². The van der Waals surface area contributed by atoms with Gasteiger partial charge in [0.15, 0.2) is 0 Å². The standard InChI is InChI=1S/C29H37Si.C13H10.Zr/c1-28(2,3)22-12-10-19-14-21-16-26(20-11-13-23(15-20)30(7,8)9)27(29(4,5)6)18-25(21)24(19)17-22;1-3-7-12(8-4-1)11-13-9-5-2-6-10-13;/h10,12-13,15,17-18H,11,14H2,1-9H3;1-10H;. The van der Waals surface area contributed by atoms with Gasteiger partial charge in [0.05, 0.1) is 0 Å². The van der Waals surface area contributed by atoms with Crippen LogP contribution in [0.3, 0.4) is 0 Å². The molecule has 223 valence electrons. The van der Waals surface area contributed by atoms with Gasteiger partial charge in [-0.2, -0.15) is 0 Å². The molecule has 0 N–H and O–H groups in total. The second-order valence-corrected chi connectivity index (χ2v) is 23.9. The quantitative estimate of drug-likeness (QED) is 0.163. The summed E-state index contributed by atoms with van der Waals surface area (Å²) in [5.41, 5.74) is 15.1. The fourth-order valence-electron chi connectivity index (χ4n) is 6.72. The van der Waals surface area contributed by atoms with Crippen molar-refractivity contribution in [2.24, 2.45) is 0 Å². The van der Waals surface area contributed by atoms with Crippen molar-refractivity contribution in [3.05, 3.63) is 141 Å². The molecule has 0 spiro atoms. The Balaban J connectivity index is 1.71. The van der Waals surface area contributed by atoms with Crippen LogP contribution in [0.2, 0.25) is 19.6 Å². The number of rotatable bonds is 5. The molecule has 0 aliphatic heterocycles. The minimum atomic E-state index is -1.42. The summed E-state index contributed by atoms with van der Waals surface area (Å²) in [6.07, 6.45) is 7.26. The van der Waals surface area contributed by atoms with Crippen molar-refractivity contribution in [2.45, 2.75) is 84.9 Å². The normalized spacial score (nSPS) is 14.5. The summed E-state index contributed by atoms with van der Waals surface area (Å²) in [7, 11) is -1.42. The van der Waals surface area contributed by atoms with E-state index in [1.807, 2.05) is 0 Å². The number of fused-ring (bicyclic) bond motifs is 3. The van der Waals surface area contributed by atoms with Gasteiger partial charge < -0.3 is 0 Å². The van der Waals surface area contributed by atoms with Crippen LogP contribution < -0.4 is 3.27 Å². The van der Waals surface area contributed by atoms with Crippen molar-refractivity contribution >= 4 is 20.1 Å². The van der Waals surface area contributed by atoms with E-state index in [9.17, 15) is 0 Å². The Bertz CT molecular complexity index is 1770. The zero-order chi connectivity index (χ0) is 31.4. The Hall–Kier alpha value is -2.67. The Kier molecular flexibility index (Phi) is 8.26. The van der Waals surface area contributed by atoms with Crippen LogP contribution in [0.4, 0.5) is 0 Å².